The number of halogens is 2. The number of hydrogen-bond acceptors (Lipinski definition) is 2. The predicted octanol–water partition coefficient (Wildman–Crippen LogP) is 4.90. The molecule has 3 nitrogen and oxygen atoms in total. The Labute approximate surface area is 135 Å². The van der Waals surface area contributed by atoms with Crippen molar-refractivity contribution in [2.24, 2.45) is 0 Å². The zero-order valence-corrected chi connectivity index (χ0v) is 13.1. The summed E-state index contributed by atoms with van der Waals surface area (Å²) in [5, 5.41) is 4.20. The molecule has 0 saturated heterocycles. The molecule has 0 radical (unpaired) electrons. The Kier molecular flexibility index (Phi) is 3.90. The van der Waals surface area contributed by atoms with E-state index in [4.69, 9.17) is 11.6 Å². The zero-order chi connectivity index (χ0) is 14.8. The van der Waals surface area contributed by atoms with Crippen molar-refractivity contribution in [2.75, 3.05) is 5.32 Å². The molecule has 0 spiro atoms. The van der Waals surface area contributed by atoms with Gasteiger partial charge in [0.2, 0.25) is 0 Å². The maximum atomic E-state index is 12.5. The maximum Gasteiger partial charge on any atom is 0.257 e. The molecule has 0 aliphatic carbocycles. The standard InChI is InChI=1S/C16H10BrClN2O/c17-11-4-1-5-13(8-11)20-16(21)14-9-12(18)7-10-3-2-6-19-15(10)14/h1-9H,(H,20,21). The van der Waals surface area contributed by atoms with Crippen LogP contribution in [0.2, 0.25) is 5.02 Å². The second-order valence-electron chi connectivity index (χ2n) is 4.49. The van der Waals surface area contributed by atoms with Crippen LogP contribution >= 0.6 is 27.5 Å². The first-order valence-electron chi connectivity index (χ1n) is 6.25. The Morgan fingerprint density at radius 2 is 2.00 bits per heavy atom. The molecule has 0 unspecified atom stereocenters. The van der Waals surface area contributed by atoms with E-state index in [0.29, 0.717) is 21.8 Å². The molecule has 21 heavy (non-hydrogen) atoms. The molecule has 3 rings (SSSR count). The lowest BCUT2D eigenvalue weighted by Gasteiger charge is -2.08. The Bertz CT molecular complexity index is 835. The van der Waals surface area contributed by atoms with Gasteiger partial charge in [-0.3, -0.25) is 9.78 Å². The minimum absolute atomic E-state index is 0.237. The van der Waals surface area contributed by atoms with Gasteiger partial charge in [-0.15, -0.1) is 0 Å². The van der Waals surface area contributed by atoms with E-state index in [1.807, 2.05) is 36.4 Å². The number of carbonyl (C=O) groups excluding carboxylic acids is 1. The fraction of sp³-hybridized carbons (Fsp3) is 0. The minimum atomic E-state index is -0.237. The fourth-order valence-electron chi connectivity index (χ4n) is 2.09. The average Bonchev–Trinajstić information content (AvgIpc) is 2.46. The van der Waals surface area contributed by atoms with Gasteiger partial charge in [-0.1, -0.05) is 39.7 Å². The van der Waals surface area contributed by atoms with Crippen LogP contribution in [0.1, 0.15) is 10.4 Å². The van der Waals surface area contributed by atoms with Gasteiger partial charge in [-0.05, 0) is 36.4 Å². The Morgan fingerprint density at radius 1 is 1.14 bits per heavy atom. The topological polar surface area (TPSA) is 42.0 Å². The summed E-state index contributed by atoms with van der Waals surface area (Å²) in [5.41, 5.74) is 1.80. The number of rotatable bonds is 2. The summed E-state index contributed by atoms with van der Waals surface area (Å²) in [6.07, 6.45) is 1.66. The predicted molar refractivity (Wildman–Crippen MR) is 88.8 cm³/mol. The summed E-state index contributed by atoms with van der Waals surface area (Å²) in [4.78, 5) is 16.7. The third kappa shape index (κ3) is 3.06. The number of benzene rings is 2. The molecule has 104 valence electrons. The molecular formula is C16H10BrClN2O. The second kappa shape index (κ2) is 5.84. The molecular weight excluding hydrogens is 352 g/mol. The highest BCUT2D eigenvalue weighted by Crippen LogP contribution is 2.23. The molecule has 0 aliphatic rings. The molecule has 3 aromatic rings. The summed E-state index contributed by atoms with van der Waals surface area (Å²) < 4.78 is 0.898. The summed E-state index contributed by atoms with van der Waals surface area (Å²) in [6.45, 7) is 0. The molecule has 0 bridgehead atoms. The Balaban J connectivity index is 2.02. The van der Waals surface area contributed by atoms with Crippen molar-refractivity contribution in [3.05, 3.63) is 69.8 Å². The molecule has 1 heterocycles. The summed E-state index contributed by atoms with van der Waals surface area (Å²) >= 11 is 9.46. The average molecular weight is 362 g/mol. The molecule has 0 atom stereocenters. The zero-order valence-electron chi connectivity index (χ0n) is 10.8. The van der Waals surface area contributed by atoms with Crippen LogP contribution in [0.5, 0.6) is 0 Å². The highest BCUT2D eigenvalue weighted by atomic mass is 79.9. The van der Waals surface area contributed by atoms with Crippen LogP contribution in [0.4, 0.5) is 5.69 Å². The van der Waals surface area contributed by atoms with E-state index < -0.39 is 0 Å². The van der Waals surface area contributed by atoms with Crippen molar-refractivity contribution in [2.45, 2.75) is 0 Å². The van der Waals surface area contributed by atoms with Crippen molar-refractivity contribution < 1.29 is 4.79 Å². The molecule has 5 heteroatoms. The number of carbonyl (C=O) groups is 1. The van der Waals surface area contributed by atoms with E-state index in [-0.39, 0.29) is 5.91 Å². The number of aromatic nitrogens is 1. The van der Waals surface area contributed by atoms with Crippen molar-refractivity contribution in [3.8, 4) is 0 Å². The van der Waals surface area contributed by atoms with Crippen LogP contribution in [0.15, 0.2) is 59.2 Å². The third-order valence-electron chi connectivity index (χ3n) is 3.00. The van der Waals surface area contributed by atoms with Crippen LogP contribution in [0.3, 0.4) is 0 Å². The number of nitrogens with one attached hydrogen (secondary N) is 1. The second-order valence-corrected chi connectivity index (χ2v) is 5.85. The summed E-state index contributed by atoms with van der Waals surface area (Å²) in [7, 11) is 0. The van der Waals surface area contributed by atoms with Gasteiger partial charge >= 0.3 is 0 Å². The lowest BCUT2D eigenvalue weighted by atomic mass is 10.1. The van der Waals surface area contributed by atoms with E-state index in [1.54, 1.807) is 18.3 Å². The van der Waals surface area contributed by atoms with Crippen LogP contribution in [0.25, 0.3) is 10.9 Å². The maximum absolute atomic E-state index is 12.5. The van der Waals surface area contributed by atoms with Gasteiger partial charge in [-0.25, -0.2) is 0 Å². The summed E-state index contributed by atoms with van der Waals surface area (Å²) in [6, 6.07) is 14.5. The van der Waals surface area contributed by atoms with Crippen molar-refractivity contribution in [1.82, 2.24) is 4.98 Å². The van der Waals surface area contributed by atoms with Gasteiger partial charge in [-0.2, -0.15) is 0 Å². The number of hydrogen-bond donors (Lipinski definition) is 1. The SMILES string of the molecule is O=C(Nc1cccc(Br)c1)c1cc(Cl)cc2cccnc12. The first-order chi connectivity index (χ1) is 10.1. The summed E-state index contributed by atoms with van der Waals surface area (Å²) in [5.74, 6) is -0.237. The molecule has 1 aromatic heterocycles. The lowest BCUT2D eigenvalue weighted by Crippen LogP contribution is -2.12. The smallest absolute Gasteiger partial charge is 0.257 e. The van der Waals surface area contributed by atoms with E-state index >= 15 is 0 Å². The first kappa shape index (κ1) is 14.0. The largest absolute Gasteiger partial charge is 0.322 e. The van der Waals surface area contributed by atoms with Crippen molar-refractivity contribution >= 4 is 50.0 Å². The first-order valence-corrected chi connectivity index (χ1v) is 7.42. The number of fused-ring (bicyclic) bond motifs is 1. The van der Waals surface area contributed by atoms with Crippen molar-refractivity contribution in [3.63, 3.8) is 0 Å². The number of anilines is 1. The van der Waals surface area contributed by atoms with Gasteiger partial charge in [0.1, 0.15) is 0 Å². The van der Waals surface area contributed by atoms with Crippen LogP contribution < -0.4 is 5.32 Å². The molecule has 0 fully saturated rings. The normalized spacial score (nSPS) is 10.6. The Hall–Kier alpha value is -1.91. The van der Waals surface area contributed by atoms with E-state index in [1.165, 1.54) is 0 Å². The van der Waals surface area contributed by atoms with Gasteiger partial charge in [0.15, 0.2) is 0 Å². The highest BCUT2D eigenvalue weighted by molar-refractivity contribution is 9.10. The van der Waals surface area contributed by atoms with Gasteiger partial charge < -0.3 is 5.32 Å². The lowest BCUT2D eigenvalue weighted by molar-refractivity contribution is 0.102. The van der Waals surface area contributed by atoms with E-state index in [2.05, 4.69) is 26.2 Å². The number of amides is 1. The minimum Gasteiger partial charge on any atom is -0.322 e. The molecule has 0 aliphatic heterocycles. The monoisotopic (exact) mass is 360 g/mol. The van der Waals surface area contributed by atoms with Crippen molar-refractivity contribution in [1.29, 1.82) is 0 Å². The molecule has 1 amide bonds. The van der Waals surface area contributed by atoms with Crippen LogP contribution in [-0.2, 0) is 0 Å². The van der Waals surface area contributed by atoms with E-state index in [9.17, 15) is 4.79 Å². The van der Waals surface area contributed by atoms with Gasteiger partial charge in [0.05, 0.1) is 11.1 Å². The fourth-order valence-corrected chi connectivity index (χ4v) is 2.72. The van der Waals surface area contributed by atoms with E-state index in [0.717, 1.165) is 9.86 Å². The Morgan fingerprint density at radius 3 is 2.81 bits per heavy atom. The molecule has 0 saturated carbocycles. The number of pyridine rings is 1. The van der Waals surface area contributed by atoms with Gasteiger partial charge in [0.25, 0.3) is 5.91 Å². The highest BCUT2D eigenvalue weighted by Gasteiger charge is 2.13. The van der Waals surface area contributed by atoms with Crippen LogP contribution in [0, 0.1) is 0 Å². The number of nitrogens with zero attached hydrogens (tertiary/aromatic N) is 1. The van der Waals surface area contributed by atoms with Crippen LogP contribution in [-0.4, -0.2) is 10.9 Å². The molecule has 1 N–H and O–H groups in total. The van der Waals surface area contributed by atoms with Gasteiger partial charge in [0, 0.05) is 26.8 Å². The molecule has 2 aromatic carbocycles. The third-order valence-corrected chi connectivity index (χ3v) is 3.71. The quantitative estimate of drug-likeness (QED) is 0.705.